The Morgan fingerprint density at radius 1 is 1.26 bits per heavy atom. The summed E-state index contributed by atoms with van der Waals surface area (Å²) in [6.07, 6.45) is 1.51. The van der Waals surface area contributed by atoms with Crippen molar-refractivity contribution in [2.45, 2.75) is 19.9 Å². The van der Waals surface area contributed by atoms with E-state index in [9.17, 15) is 19.5 Å². The lowest BCUT2D eigenvalue weighted by atomic mass is 9.96. The van der Waals surface area contributed by atoms with Crippen LogP contribution in [-0.4, -0.2) is 28.2 Å². The van der Waals surface area contributed by atoms with Crippen molar-refractivity contribution in [1.29, 1.82) is 0 Å². The molecule has 1 aliphatic heterocycles. The molecule has 0 radical (unpaired) electrons. The fourth-order valence-corrected chi connectivity index (χ4v) is 4.74. The molecular weight excluding hydrogens is 478 g/mol. The largest absolute Gasteiger partial charge is 0.478 e. The number of halogens is 1. The van der Waals surface area contributed by atoms with Gasteiger partial charge in [-0.2, -0.15) is 0 Å². The van der Waals surface area contributed by atoms with Crippen LogP contribution >= 0.6 is 22.9 Å². The highest BCUT2D eigenvalue weighted by atomic mass is 35.5. The molecule has 3 aromatic rings. The standard InChI is InChI=1S/C24H20ClN3O5S/c1-3-33-23(32)19-13(2)27-24-28(20(19)14-7-9-16(25)10-8-14)21(29)18(34-24)12-26-17-6-4-5-15(11-17)22(30)31/h4-12,20,26H,3H2,1-2H3,(H,30,31)/b18-12-/t20-/m0/s1. The van der Waals surface area contributed by atoms with E-state index < -0.39 is 18.0 Å². The lowest BCUT2D eigenvalue weighted by Crippen LogP contribution is -2.40. The number of carboxylic acids is 1. The molecule has 174 valence electrons. The van der Waals surface area contributed by atoms with E-state index in [-0.39, 0.29) is 23.3 Å². The summed E-state index contributed by atoms with van der Waals surface area (Å²) in [4.78, 5) is 42.4. The molecule has 0 saturated heterocycles. The molecular formula is C24H20ClN3O5S. The number of anilines is 1. The van der Waals surface area contributed by atoms with Gasteiger partial charge in [0.25, 0.3) is 5.56 Å². The highest BCUT2D eigenvalue weighted by Gasteiger charge is 2.33. The van der Waals surface area contributed by atoms with Crippen molar-refractivity contribution in [1.82, 2.24) is 4.57 Å². The zero-order chi connectivity index (χ0) is 24.4. The predicted molar refractivity (Wildman–Crippen MR) is 130 cm³/mol. The van der Waals surface area contributed by atoms with E-state index in [0.29, 0.717) is 31.3 Å². The van der Waals surface area contributed by atoms with Gasteiger partial charge in [-0.3, -0.25) is 9.36 Å². The minimum Gasteiger partial charge on any atom is -0.478 e. The third kappa shape index (κ3) is 4.52. The molecule has 34 heavy (non-hydrogen) atoms. The molecule has 2 heterocycles. The van der Waals surface area contributed by atoms with Gasteiger partial charge in [-0.15, -0.1) is 0 Å². The van der Waals surface area contributed by atoms with E-state index in [1.54, 1.807) is 50.2 Å². The third-order valence-corrected chi connectivity index (χ3v) is 6.42. The van der Waals surface area contributed by atoms with Crippen molar-refractivity contribution >= 4 is 46.8 Å². The average molecular weight is 498 g/mol. The molecule has 0 aliphatic carbocycles. The van der Waals surface area contributed by atoms with Crippen molar-refractivity contribution in [3.8, 4) is 0 Å². The van der Waals surface area contributed by atoms with Crippen molar-refractivity contribution in [3.05, 3.63) is 95.6 Å². The molecule has 1 aliphatic rings. The number of ether oxygens (including phenoxy) is 1. The van der Waals surface area contributed by atoms with E-state index in [0.717, 1.165) is 11.3 Å². The van der Waals surface area contributed by atoms with Crippen LogP contribution in [0.25, 0.3) is 6.20 Å². The molecule has 2 aromatic carbocycles. The molecule has 4 rings (SSSR count). The maximum atomic E-state index is 13.4. The number of esters is 1. The predicted octanol–water partition coefficient (Wildman–Crippen LogP) is 3.17. The summed E-state index contributed by atoms with van der Waals surface area (Å²) in [5.41, 5.74) is 1.73. The second kappa shape index (κ2) is 9.66. The summed E-state index contributed by atoms with van der Waals surface area (Å²) in [6, 6.07) is 12.4. The Labute approximate surface area is 203 Å². The van der Waals surface area contributed by atoms with Crippen LogP contribution in [0.4, 0.5) is 5.69 Å². The number of allylic oxidation sites excluding steroid dienone is 1. The normalized spacial score (nSPS) is 15.5. The second-order valence-electron chi connectivity index (χ2n) is 7.38. The summed E-state index contributed by atoms with van der Waals surface area (Å²) in [7, 11) is 0. The van der Waals surface area contributed by atoms with Crippen molar-refractivity contribution < 1.29 is 19.4 Å². The highest BCUT2D eigenvalue weighted by molar-refractivity contribution is 7.07. The fourth-order valence-electron chi connectivity index (χ4n) is 3.64. The van der Waals surface area contributed by atoms with E-state index in [1.165, 1.54) is 22.9 Å². The topological polar surface area (TPSA) is 110 Å². The van der Waals surface area contributed by atoms with Gasteiger partial charge >= 0.3 is 11.9 Å². The molecule has 8 nitrogen and oxygen atoms in total. The van der Waals surface area contributed by atoms with Gasteiger partial charge in [-0.25, -0.2) is 14.6 Å². The van der Waals surface area contributed by atoms with Crippen LogP contribution in [0.2, 0.25) is 5.02 Å². The number of carboxylic acid groups (broad SMARTS) is 1. The zero-order valence-electron chi connectivity index (χ0n) is 18.2. The molecule has 0 unspecified atom stereocenters. The lowest BCUT2D eigenvalue weighted by molar-refractivity contribution is -0.139. The smallest absolute Gasteiger partial charge is 0.338 e. The van der Waals surface area contributed by atoms with Crippen molar-refractivity contribution in [2.24, 2.45) is 4.99 Å². The third-order valence-electron chi connectivity index (χ3n) is 5.18. The van der Waals surface area contributed by atoms with Gasteiger partial charge in [0.2, 0.25) is 0 Å². The maximum absolute atomic E-state index is 13.4. The van der Waals surface area contributed by atoms with Gasteiger partial charge in [0, 0.05) is 16.9 Å². The molecule has 0 spiro atoms. The van der Waals surface area contributed by atoms with Gasteiger partial charge in [-0.1, -0.05) is 41.1 Å². The van der Waals surface area contributed by atoms with Crippen LogP contribution in [0.3, 0.4) is 0 Å². The summed E-state index contributed by atoms with van der Waals surface area (Å²) in [6.45, 7) is 3.61. The Morgan fingerprint density at radius 2 is 2.00 bits per heavy atom. The number of nitrogens with one attached hydrogen (secondary N) is 1. The Hall–Kier alpha value is -3.69. The van der Waals surface area contributed by atoms with Gasteiger partial charge in [0.1, 0.15) is 4.53 Å². The van der Waals surface area contributed by atoms with Gasteiger partial charge in [-0.05, 0) is 49.7 Å². The Balaban J connectivity index is 1.83. The number of rotatable bonds is 6. The lowest BCUT2D eigenvalue weighted by Gasteiger charge is -2.24. The minimum absolute atomic E-state index is 0.123. The van der Waals surface area contributed by atoms with E-state index in [4.69, 9.17) is 16.3 Å². The number of thiazole rings is 1. The Kier molecular flexibility index (Phi) is 6.67. The van der Waals surface area contributed by atoms with Gasteiger partial charge in [0.05, 0.1) is 29.5 Å². The number of hydrogen-bond donors (Lipinski definition) is 2. The first-order valence-electron chi connectivity index (χ1n) is 10.3. The first-order chi connectivity index (χ1) is 16.3. The number of hydrogen-bond acceptors (Lipinski definition) is 7. The SMILES string of the molecule is CCOC(=O)C1=C(C)N=c2s/c(=C\Nc3cccc(C(=O)O)c3)c(=O)n2[C@H]1c1ccc(Cl)cc1. The number of benzene rings is 2. The van der Waals surface area contributed by atoms with Crippen LogP contribution in [0.1, 0.15) is 35.8 Å². The molecule has 1 aromatic heterocycles. The molecule has 0 bridgehead atoms. The summed E-state index contributed by atoms with van der Waals surface area (Å²) in [5.74, 6) is -1.59. The summed E-state index contributed by atoms with van der Waals surface area (Å²) < 4.78 is 7.07. The molecule has 10 heteroatoms. The summed E-state index contributed by atoms with van der Waals surface area (Å²) in [5, 5.41) is 12.7. The van der Waals surface area contributed by atoms with Crippen LogP contribution in [-0.2, 0) is 9.53 Å². The van der Waals surface area contributed by atoms with E-state index in [1.807, 2.05) is 0 Å². The maximum Gasteiger partial charge on any atom is 0.338 e. The highest BCUT2D eigenvalue weighted by Crippen LogP contribution is 2.31. The van der Waals surface area contributed by atoms with E-state index >= 15 is 0 Å². The average Bonchev–Trinajstić information content (AvgIpc) is 3.12. The van der Waals surface area contributed by atoms with Crippen LogP contribution in [0, 0.1) is 0 Å². The Bertz CT molecular complexity index is 1490. The second-order valence-corrected chi connectivity index (χ2v) is 8.83. The molecule has 0 saturated carbocycles. The van der Waals surface area contributed by atoms with Crippen molar-refractivity contribution in [2.75, 3.05) is 11.9 Å². The summed E-state index contributed by atoms with van der Waals surface area (Å²) >= 11 is 7.22. The quantitative estimate of drug-likeness (QED) is 0.506. The van der Waals surface area contributed by atoms with Gasteiger partial charge < -0.3 is 15.2 Å². The molecule has 0 amide bonds. The number of fused-ring (bicyclic) bond motifs is 1. The first kappa shape index (κ1) is 23.5. The molecule has 0 fully saturated rings. The number of aromatic carboxylic acids is 1. The minimum atomic E-state index is -1.05. The molecule has 2 N–H and O–H groups in total. The zero-order valence-corrected chi connectivity index (χ0v) is 19.8. The van der Waals surface area contributed by atoms with Gasteiger partial charge in [0.15, 0.2) is 4.80 Å². The number of carbonyl (C=O) groups is 2. The number of aromatic nitrogens is 1. The number of nitrogens with zero attached hydrogens (tertiary/aromatic N) is 2. The number of carbonyl (C=O) groups excluding carboxylic acids is 1. The Morgan fingerprint density at radius 3 is 2.68 bits per heavy atom. The van der Waals surface area contributed by atoms with Crippen LogP contribution in [0.15, 0.2) is 69.6 Å². The monoisotopic (exact) mass is 497 g/mol. The fraction of sp³-hybridized carbons (Fsp3) is 0.167. The van der Waals surface area contributed by atoms with Crippen LogP contribution < -0.4 is 20.2 Å². The van der Waals surface area contributed by atoms with E-state index in [2.05, 4.69) is 10.3 Å². The van der Waals surface area contributed by atoms with Crippen molar-refractivity contribution in [3.63, 3.8) is 0 Å². The first-order valence-corrected chi connectivity index (χ1v) is 11.5. The van der Waals surface area contributed by atoms with Crippen LogP contribution in [0.5, 0.6) is 0 Å². The molecule has 1 atom stereocenters.